The van der Waals surface area contributed by atoms with Crippen molar-refractivity contribution in [3.63, 3.8) is 0 Å². The molecule has 0 aromatic heterocycles. The number of phenols is 1. The third-order valence-electron chi connectivity index (χ3n) is 2.67. The van der Waals surface area contributed by atoms with Crippen LogP contribution in [0, 0.1) is 6.92 Å². The Hall–Kier alpha value is -1.44. The first-order valence-corrected chi connectivity index (χ1v) is 5.14. The second-order valence-corrected chi connectivity index (χ2v) is 3.54. The van der Waals surface area contributed by atoms with Gasteiger partial charge >= 0.3 is 0 Å². The van der Waals surface area contributed by atoms with Crippen molar-refractivity contribution in [2.45, 2.75) is 26.7 Å². The lowest BCUT2D eigenvalue weighted by molar-refractivity contribution is 0.370. The summed E-state index contributed by atoms with van der Waals surface area (Å²) in [4.78, 5) is 0. The minimum absolute atomic E-state index is 0.252. The molecule has 2 nitrogen and oxygen atoms in total. The van der Waals surface area contributed by atoms with Gasteiger partial charge in [-0.15, -0.1) is 6.58 Å². The van der Waals surface area contributed by atoms with Crippen LogP contribution >= 0.6 is 0 Å². The van der Waals surface area contributed by atoms with Crippen LogP contribution in [0.1, 0.15) is 23.6 Å². The van der Waals surface area contributed by atoms with Gasteiger partial charge in [0.15, 0.2) is 11.5 Å². The summed E-state index contributed by atoms with van der Waals surface area (Å²) < 4.78 is 5.13. The summed E-state index contributed by atoms with van der Waals surface area (Å²) in [6, 6.07) is 1.89. The molecule has 0 bridgehead atoms. The van der Waals surface area contributed by atoms with E-state index in [4.69, 9.17) is 4.74 Å². The number of aromatic hydroxyl groups is 1. The van der Waals surface area contributed by atoms with Gasteiger partial charge in [-0.1, -0.05) is 13.0 Å². The SMILES string of the molecule is C=CCc1cc(OC)c(O)c(C)c1CC. The van der Waals surface area contributed by atoms with Gasteiger partial charge in [0.2, 0.25) is 0 Å². The van der Waals surface area contributed by atoms with Crippen LogP contribution in [-0.2, 0) is 12.8 Å². The van der Waals surface area contributed by atoms with Crippen molar-refractivity contribution in [3.05, 3.63) is 35.4 Å². The standard InChI is InChI=1S/C13H18O2/c1-5-7-10-8-12(15-4)13(14)9(3)11(10)6-2/h5,8,14H,1,6-7H2,2-4H3. The molecule has 0 fully saturated rings. The summed E-state index contributed by atoms with van der Waals surface area (Å²) in [7, 11) is 1.57. The van der Waals surface area contributed by atoms with Crippen LogP contribution < -0.4 is 4.74 Å². The molecule has 0 aliphatic carbocycles. The molecule has 2 heteroatoms. The van der Waals surface area contributed by atoms with Crippen molar-refractivity contribution in [1.29, 1.82) is 0 Å². The van der Waals surface area contributed by atoms with E-state index in [0.717, 1.165) is 18.4 Å². The molecule has 0 spiro atoms. The van der Waals surface area contributed by atoms with Gasteiger partial charge in [0.1, 0.15) is 0 Å². The van der Waals surface area contributed by atoms with E-state index >= 15 is 0 Å². The minimum Gasteiger partial charge on any atom is -0.504 e. The molecule has 1 aromatic rings. The normalized spacial score (nSPS) is 10.1. The number of methoxy groups -OCH3 is 1. The van der Waals surface area contributed by atoms with Crippen molar-refractivity contribution >= 4 is 0 Å². The number of allylic oxidation sites excluding steroid dienone is 1. The number of phenolic OH excluding ortho intramolecular Hbond substituents is 1. The predicted octanol–water partition coefficient (Wildman–Crippen LogP) is 3.00. The summed E-state index contributed by atoms with van der Waals surface area (Å²) >= 11 is 0. The predicted molar refractivity (Wildman–Crippen MR) is 62.7 cm³/mol. The van der Waals surface area contributed by atoms with E-state index in [2.05, 4.69) is 13.5 Å². The largest absolute Gasteiger partial charge is 0.504 e. The number of ether oxygens (including phenoxy) is 1. The molecule has 0 radical (unpaired) electrons. The van der Waals surface area contributed by atoms with Crippen LogP contribution in [0.15, 0.2) is 18.7 Å². The Bertz CT molecular complexity index is 367. The van der Waals surface area contributed by atoms with Crippen molar-refractivity contribution < 1.29 is 9.84 Å². The van der Waals surface area contributed by atoms with Crippen molar-refractivity contribution in [2.24, 2.45) is 0 Å². The van der Waals surface area contributed by atoms with Crippen LogP contribution in [0.3, 0.4) is 0 Å². The van der Waals surface area contributed by atoms with E-state index < -0.39 is 0 Å². The van der Waals surface area contributed by atoms with Crippen molar-refractivity contribution in [1.82, 2.24) is 0 Å². The minimum atomic E-state index is 0.252. The van der Waals surface area contributed by atoms with E-state index in [-0.39, 0.29) is 5.75 Å². The Labute approximate surface area is 91.2 Å². The van der Waals surface area contributed by atoms with Crippen LogP contribution in [0.4, 0.5) is 0 Å². The highest BCUT2D eigenvalue weighted by atomic mass is 16.5. The lowest BCUT2D eigenvalue weighted by atomic mass is 9.96. The van der Waals surface area contributed by atoms with Crippen LogP contribution in [0.25, 0.3) is 0 Å². The number of hydrogen-bond donors (Lipinski definition) is 1. The van der Waals surface area contributed by atoms with Gasteiger partial charge in [-0.3, -0.25) is 0 Å². The van der Waals surface area contributed by atoms with E-state index in [1.807, 2.05) is 19.1 Å². The molecular weight excluding hydrogens is 188 g/mol. The maximum absolute atomic E-state index is 9.85. The molecule has 1 rings (SSSR count). The van der Waals surface area contributed by atoms with Gasteiger partial charge < -0.3 is 9.84 Å². The molecule has 0 atom stereocenters. The second-order valence-electron chi connectivity index (χ2n) is 3.54. The van der Waals surface area contributed by atoms with Gasteiger partial charge in [0, 0.05) is 0 Å². The zero-order chi connectivity index (χ0) is 11.4. The first-order chi connectivity index (χ1) is 7.15. The highest BCUT2D eigenvalue weighted by molar-refractivity contribution is 5.53. The molecule has 0 aliphatic rings. The van der Waals surface area contributed by atoms with Crippen molar-refractivity contribution in [3.8, 4) is 11.5 Å². The number of benzene rings is 1. The fraction of sp³-hybridized carbons (Fsp3) is 0.385. The topological polar surface area (TPSA) is 29.5 Å². The molecule has 82 valence electrons. The summed E-state index contributed by atoms with van der Waals surface area (Å²) in [5.41, 5.74) is 3.28. The Balaban J connectivity index is 3.36. The van der Waals surface area contributed by atoms with E-state index in [9.17, 15) is 5.11 Å². The van der Waals surface area contributed by atoms with Crippen LogP contribution in [0.5, 0.6) is 11.5 Å². The van der Waals surface area contributed by atoms with E-state index in [0.29, 0.717) is 5.75 Å². The van der Waals surface area contributed by atoms with Gasteiger partial charge in [0.25, 0.3) is 0 Å². The van der Waals surface area contributed by atoms with Crippen LogP contribution in [0.2, 0.25) is 0 Å². The van der Waals surface area contributed by atoms with Gasteiger partial charge in [-0.05, 0) is 42.5 Å². The third kappa shape index (κ3) is 2.14. The molecule has 0 unspecified atom stereocenters. The van der Waals surface area contributed by atoms with E-state index in [1.165, 1.54) is 11.1 Å². The summed E-state index contributed by atoms with van der Waals surface area (Å²) in [5, 5.41) is 9.85. The Morgan fingerprint density at radius 3 is 2.67 bits per heavy atom. The fourth-order valence-electron chi connectivity index (χ4n) is 1.87. The van der Waals surface area contributed by atoms with Gasteiger partial charge in [-0.2, -0.15) is 0 Å². The molecule has 1 N–H and O–H groups in total. The van der Waals surface area contributed by atoms with Gasteiger partial charge in [-0.25, -0.2) is 0 Å². The van der Waals surface area contributed by atoms with Gasteiger partial charge in [0.05, 0.1) is 7.11 Å². The number of hydrogen-bond acceptors (Lipinski definition) is 2. The smallest absolute Gasteiger partial charge is 0.161 e. The monoisotopic (exact) mass is 206 g/mol. The molecule has 0 amide bonds. The average Bonchev–Trinajstić information content (AvgIpc) is 2.24. The molecule has 0 heterocycles. The van der Waals surface area contributed by atoms with Crippen molar-refractivity contribution in [2.75, 3.05) is 7.11 Å². The second kappa shape index (κ2) is 4.87. The lowest BCUT2D eigenvalue weighted by Crippen LogP contribution is -1.98. The summed E-state index contributed by atoms with van der Waals surface area (Å²) in [6.45, 7) is 7.74. The molecule has 0 aliphatic heterocycles. The number of rotatable bonds is 4. The van der Waals surface area contributed by atoms with Crippen LogP contribution in [-0.4, -0.2) is 12.2 Å². The molecule has 0 saturated carbocycles. The third-order valence-corrected chi connectivity index (χ3v) is 2.67. The zero-order valence-corrected chi connectivity index (χ0v) is 9.63. The fourth-order valence-corrected chi connectivity index (χ4v) is 1.87. The first-order valence-electron chi connectivity index (χ1n) is 5.14. The Morgan fingerprint density at radius 1 is 1.53 bits per heavy atom. The zero-order valence-electron chi connectivity index (χ0n) is 9.63. The first kappa shape index (κ1) is 11.6. The summed E-state index contributed by atoms with van der Waals surface area (Å²) in [6.07, 6.45) is 3.58. The highest BCUT2D eigenvalue weighted by Gasteiger charge is 2.12. The summed E-state index contributed by atoms with van der Waals surface area (Å²) in [5.74, 6) is 0.795. The molecular formula is C13H18O2. The van der Waals surface area contributed by atoms with E-state index in [1.54, 1.807) is 7.11 Å². The average molecular weight is 206 g/mol. The molecule has 1 aromatic carbocycles. The molecule has 0 saturated heterocycles. The molecule has 15 heavy (non-hydrogen) atoms. The maximum atomic E-state index is 9.85. The Morgan fingerprint density at radius 2 is 2.20 bits per heavy atom. The highest BCUT2D eigenvalue weighted by Crippen LogP contribution is 2.34. The maximum Gasteiger partial charge on any atom is 0.161 e. The lowest BCUT2D eigenvalue weighted by Gasteiger charge is -2.14. The Kier molecular flexibility index (Phi) is 3.78. The quantitative estimate of drug-likeness (QED) is 0.767.